The van der Waals surface area contributed by atoms with Crippen LogP contribution in [-0.4, -0.2) is 20.4 Å². The van der Waals surface area contributed by atoms with Gasteiger partial charge in [-0.3, -0.25) is 0 Å². The average Bonchev–Trinajstić information content (AvgIpc) is 3.97. The van der Waals surface area contributed by atoms with Gasteiger partial charge in [-0.05, 0) is 134 Å². The van der Waals surface area contributed by atoms with E-state index in [1.54, 1.807) is 0 Å². The Hall–Kier alpha value is -6.40. The second-order valence-corrected chi connectivity index (χ2v) is 16.6. The smallest absolute Gasteiger partial charge is 0.248 e. The lowest BCUT2D eigenvalue weighted by Crippen LogP contribution is -2.10. The predicted octanol–water partition coefficient (Wildman–Crippen LogP) is 12.6. The molecule has 6 nitrogen and oxygen atoms in total. The molecule has 0 saturated carbocycles. The van der Waals surface area contributed by atoms with Crippen molar-refractivity contribution in [2.45, 2.75) is 58.8 Å². The van der Waals surface area contributed by atoms with Gasteiger partial charge in [0.1, 0.15) is 0 Å². The zero-order valence-corrected chi connectivity index (χ0v) is 32.0. The molecule has 6 heteroatoms. The molecule has 1 aliphatic rings. The highest BCUT2D eigenvalue weighted by molar-refractivity contribution is 5.85. The number of hydrogen-bond acceptors (Lipinski definition) is 6. The van der Waals surface area contributed by atoms with E-state index in [4.69, 9.17) is 8.83 Å². The van der Waals surface area contributed by atoms with Crippen LogP contribution >= 0.6 is 0 Å². The van der Waals surface area contributed by atoms with Gasteiger partial charge in [0.2, 0.25) is 23.6 Å². The SMILES string of the molecule is CC(C)(C)c1ccc(-c2nnc(-c3ccc(-c4ccc5c(c4)-c4cc(-c6ccc(-c7nnc(-c8ccc(C(C)(C)C)cc8)o7)cc6)ccc4C5)cc3)o2)cc1. The van der Waals surface area contributed by atoms with Crippen LogP contribution in [0.25, 0.3) is 79.2 Å². The van der Waals surface area contributed by atoms with Gasteiger partial charge in [0.05, 0.1) is 0 Å². The molecule has 6 aromatic carbocycles. The zero-order valence-electron chi connectivity index (χ0n) is 32.0. The van der Waals surface area contributed by atoms with Crippen LogP contribution in [0.3, 0.4) is 0 Å². The highest BCUT2D eigenvalue weighted by Crippen LogP contribution is 2.41. The summed E-state index contributed by atoms with van der Waals surface area (Å²) in [5, 5.41) is 17.4. The van der Waals surface area contributed by atoms with Crippen molar-refractivity contribution in [2.75, 3.05) is 0 Å². The van der Waals surface area contributed by atoms with Gasteiger partial charge < -0.3 is 8.83 Å². The van der Waals surface area contributed by atoms with E-state index in [2.05, 4.69) is 171 Å². The fourth-order valence-corrected chi connectivity index (χ4v) is 7.28. The number of nitrogens with zero attached hydrogens (tertiary/aromatic N) is 4. The maximum atomic E-state index is 6.10. The second kappa shape index (κ2) is 13.2. The number of fused-ring (bicyclic) bond motifs is 3. The van der Waals surface area contributed by atoms with Crippen molar-refractivity contribution >= 4 is 0 Å². The van der Waals surface area contributed by atoms with Crippen molar-refractivity contribution in [1.29, 1.82) is 0 Å². The molecule has 0 N–H and O–H groups in total. The molecule has 2 aromatic heterocycles. The van der Waals surface area contributed by atoms with E-state index in [0.717, 1.165) is 39.8 Å². The summed E-state index contributed by atoms with van der Waals surface area (Å²) in [4.78, 5) is 0. The molecule has 1 aliphatic carbocycles. The summed E-state index contributed by atoms with van der Waals surface area (Å²) in [5.41, 5.74) is 16.2. The molecule has 2 heterocycles. The molecule has 0 amide bonds. The fraction of sp³-hybridized carbons (Fsp3) is 0.184. The van der Waals surface area contributed by atoms with Crippen molar-refractivity contribution in [3.63, 3.8) is 0 Å². The Balaban J connectivity index is 0.916. The molecule has 0 radical (unpaired) electrons. The van der Waals surface area contributed by atoms with E-state index in [9.17, 15) is 0 Å². The first kappa shape index (κ1) is 34.4. The first-order chi connectivity index (χ1) is 26.5. The molecule has 0 spiro atoms. The molecular weight excluding hydrogens is 677 g/mol. The Morgan fingerprint density at radius 2 is 0.618 bits per heavy atom. The van der Waals surface area contributed by atoms with E-state index < -0.39 is 0 Å². The predicted molar refractivity (Wildman–Crippen MR) is 220 cm³/mol. The Labute approximate surface area is 322 Å². The van der Waals surface area contributed by atoms with Gasteiger partial charge in [0.15, 0.2) is 0 Å². The minimum atomic E-state index is 0.0868. The third-order valence-electron chi connectivity index (χ3n) is 10.7. The second-order valence-electron chi connectivity index (χ2n) is 16.6. The highest BCUT2D eigenvalue weighted by Gasteiger charge is 2.21. The summed E-state index contributed by atoms with van der Waals surface area (Å²) in [6, 6.07) is 47.0. The number of aromatic nitrogens is 4. The molecule has 270 valence electrons. The lowest BCUT2D eigenvalue weighted by atomic mass is 9.87. The summed E-state index contributed by atoms with van der Waals surface area (Å²) in [7, 11) is 0. The molecule has 0 fully saturated rings. The topological polar surface area (TPSA) is 77.8 Å². The average molecular weight is 719 g/mol. The van der Waals surface area contributed by atoms with Gasteiger partial charge in [0, 0.05) is 22.3 Å². The van der Waals surface area contributed by atoms with Crippen LogP contribution in [0.4, 0.5) is 0 Å². The molecule has 0 aliphatic heterocycles. The van der Waals surface area contributed by atoms with Crippen LogP contribution in [-0.2, 0) is 17.3 Å². The van der Waals surface area contributed by atoms with Crippen LogP contribution in [0.1, 0.15) is 63.8 Å². The van der Waals surface area contributed by atoms with E-state index in [0.29, 0.717) is 23.6 Å². The zero-order chi connectivity index (χ0) is 37.9. The maximum absolute atomic E-state index is 6.10. The Morgan fingerprint density at radius 1 is 0.345 bits per heavy atom. The van der Waals surface area contributed by atoms with Crippen LogP contribution < -0.4 is 0 Å². The molecule has 0 atom stereocenters. The molecule has 8 aromatic rings. The van der Waals surface area contributed by atoms with Crippen molar-refractivity contribution in [1.82, 2.24) is 20.4 Å². The van der Waals surface area contributed by atoms with Crippen molar-refractivity contribution in [3.05, 3.63) is 156 Å². The van der Waals surface area contributed by atoms with E-state index in [1.807, 2.05) is 24.3 Å². The summed E-state index contributed by atoms with van der Waals surface area (Å²) >= 11 is 0. The summed E-state index contributed by atoms with van der Waals surface area (Å²) in [6.07, 6.45) is 0.931. The number of benzene rings is 6. The van der Waals surface area contributed by atoms with Crippen molar-refractivity contribution < 1.29 is 8.83 Å². The lowest BCUT2D eigenvalue weighted by molar-refractivity contribution is 0.582. The number of hydrogen-bond donors (Lipinski definition) is 0. The van der Waals surface area contributed by atoms with Gasteiger partial charge in [-0.15, -0.1) is 20.4 Å². The van der Waals surface area contributed by atoms with Crippen LogP contribution in [0, 0.1) is 0 Å². The first-order valence-corrected chi connectivity index (χ1v) is 18.8. The highest BCUT2D eigenvalue weighted by atomic mass is 16.4. The van der Waals surface area contributed by atoms with E-state index in [1.165, 1.54) is 44.5 Å². The van der Waals surface area contributed by atoms with Gasteiger partial charge in [-0.25, -0.2) is 0 Å². The normalized spacial score (nSPS) is 12.5. The largest absolute Gasteiger partial charge is 0.416 e. The Bertz CT molecular complexity index is 2470. The maximum Gasteiger partial charge on any atom is 0.248 e. The fourth-order valence-electron chi connectivity index (χ4n) is 7.28. The van der Waals surface area contributed by atoms with Gasteiger partial charge in [-0.2, -0.15) is 0 Å². The van der Waals surface area contributed by atoms with Gasteiger partial charge >= 0.3 is 0 Å². The van der Waals surface area contributed by atoms with Gasteiger partial charge in [0.25, 0.3) is 0 Å². The van der Waals surface area contributed by atoms with E-state index >= 15 is 0 Å². The minimum absolute atomic E-state index is 0.0868. The van der Waals surface area contributed by atoms with Crippen LogP contribution in [0.2, 0.25) is 0 Å². The Morgan fingerprint density at radius 3 is 0.927 bits per heavy atom. The monoisotopic (exact) mass is 718 g/mol. The lowest BCUT2D eigenvalue weighted by Gasteiger charge is -2.18. The molecule has 0 unspecified atom stereocenters. The quantitative estimate of drug-likeness (QED) is 0.170. The first-order valence-electron chi connectivity index (χ1n) is 18.8. The minimum Gasteiger partial charge on any atom is -0.416 e. The Kier molecular flexibility index (Phi) is 8.23. The third-order valence-corrected chi connectivity index (χ3v) is 10.7. The third kappa shape index (κ3) is 6.69. The summed E-state index contributed by atoms with van der Waals surface area (Å²) in [5.74, 6) is 2.06. The van der Waals surface area contributed by atoms with Crippen LogP contribution in [0.5, 0.6) is 0 Å². The number of rotatable bonds is 6. The van der Waals surface area contributed by atoms with E-state index in [-0.39, 0.29) is 10.8 Å². The van der Waals surface area contributed by atoms with Crippen molar-refractivity contribution in [2.24, 2.45) is 0 Å². The summed E-state index contributed by atoms with van der Waals surface area (Å²) < 4.78 is 12.2. The molecule has 55 heavy (non-hydrogen) atoms. The van der Waals surface area contributed by atoms with Crippen LogP contribution in [0.15, 0.2) is 142 Å². The standard InChI is InChI=1S/C49H42N4O2/c1-48(2,3)40-23-19-34(20-24-40)46-52-50-44(54-46)32-11-7-30(8-12-32)36-15-17-38-27-39-18-16-37(29-43(39)42(38)28-36)31-9-13-33(14-10-31)45-51-53-47(55-45)35-21-25-41(26-22-35)49(4,5)6/h7-26,28-29H,27H2,1-6H3. The van der Waals surface area contributed by atoms with Crippen molar-refractivity contribution in [3.8, 4) is 79.2 Å². The molecule has 9 rings (SSSR count). The van der Waals surface area contributed by atoms with Gasteiger partial charge in [-0.1, -0.05) is 114 Å². The molecule has 0 saturated heterocycles. The molecule has 0 bridgehead atoms. The molecular formula is C49H42N4O2. The summed E-state index contributed by atoms with van der Waals surface area (Å²) in [6.45, 7) is 13.2.